The van der Waals surface area contributed by atoms with Gasteiger partial charge in [0.1, 0.15) is 11.6 Å². The summed E-state index contributed by atoms with van der Waals surface area (Å²) in [6.45, 7) is 0. The summed E-state index contributed by atoms with van der Waals surface area (Å²) in [5.74, 6) is 0.103. The number of halogens is 3. The van der Waals surface area contributed by atoms with Crippen LogP contribution < -0.4 is 4.74 Å². The van der Waals surface area contributed by atoms with Crippen LogP contribution >= 0.6 is 23.2 Å². The van der Waals surface area contributed by atoms with Crippen LogP contribution in [0.3, 0.4) is 0 Å². The van der Waals surface area contributed by atoms with Gasteiger partial charge in [-0.2, -0.15) is 0 Å². The molecular formula is C13H9Cl2FO. The normalized spacial score (nSPS) is 10.4. The van der Waals surface area contributed by atoms with Gasteiger partial charge in [0.25, 0.3) is 0 Å². The molecule has 0 unspecified atom stereocenters. The van der Waals surface area contributed by atoms with Crippen LogP contribution in [0.15, 0.2) is 36.4 Å². The van der Waals surface area contributed by atoms with Crippen molar-refractivity contribution >= 4 is 23.2 Å². The van der Waals surface area contributed by atoms with Crippen molar-refractivity contribution in [2.75, 3.05) is 7.11 Å². The van der Waals surface area contributed by atoms with E-state index in [9.17, 15) is 4.39 Å². The van der Waals surface area contributed by atoms with E-state index in [-0.39, 0.29) is 5.82 Å². The monoisotopic (exact) mass is 270 g/mol. The van der Waals surface area contributed by atoms with Gasteiger partial charge in [0.15, 0.2) is 0 Å². The van der Waals surface area contributed by atoms with Crippen molar-refractivity contribution in [2.45, 2.75) is 0 Å². The van der Waals surface area contributed by atoms with Gasteiger partial charge < -0.3 is 4.74 Å². The second kappa shape index (κ2) is 4.94. The number of hydrogen-bond donors (Lipinski definition) is 0. The van der Waals surface area contributed by atoms with Gasteiger partial charge in [0.2, 0.25) is 0 Å². The number of methoxy groups -OCH3 is 1. The highest BCUT2D eigenvalue weighted by Gasteiger charge is 2.12. The molecule has 0 aromatic heterocycles. The fourth-order valence-corrected chi connectivity index (χ4v) is 1.90. The Bertz CT molecular complexity index is 555. The van der Waals surface area contributed by atoms with Crippen molar-refractivity contribution in [2.24, 2.45) is 0 Å². The lowest BCUT2D eigenvalue weighted by molar-refractivity contribution is 0.413. The maximum atomic E-state index is 13.8. The molecule has 0 aliphatic carbocycles. The molecule has 0 N–H and O–H groups in total. The number of benzene rings is 2. The highest BCUT2D eigenvalue weighted by Crippen LogP contribution is 2.35. The topological polar surface area (TPSA) is 9.23 Å². The Morgan fingerprint density at radius 1 is 1.06 bits per heavy atom. The molecule has 0 heterocycles. The van der Waals surface area contributed by atoms with E-state index < -0.39 is 0 Å². The lowest BCUT2D eigenvalue weighted by Crippen LogP contribution is -1.91. The Labute approximate surface area is 109 Å². The van der Waals surface area contributed by atoms with E-state index in [1.165, 1.54) is 13.2 Å². The SMILES string of the molecule is COc1cccc(F)c1-c1ccc(Cl)c(Cl)c1. The van der Waals surface area contributed by atoms with Crippen LogP contribution in [0.2, 0.25) is 10.0 Å². The molecule has 2 aromatic rings. The number of ether oxygens (including phenoxy) is 1. The third-order valence-electron chi connectivity index (χ3n) is 2.40. The van der Waals surface area contributed by atoms with Crippen molar-refractivity contribution in [3.63, 3.8) is 0 Å². The van der Waals surface area contributed by atoms with Crippen molar-refractivity contribution in [1.82, 2.24) is 0 Å². The Morgan fingerprint density at radius 3 is 2.47 bits per heavy atom. The molecule has 0 atom stereocenters. The quantitative estimate of drug-likeness (QED) is 0.761. The average Bonchev–Trinajstić information content (AvgIpc) is 2.32. The van der Waals surface area contributed by atoms with Crippen LogP contribution in [0.5, 0.6) is 5.75 Å². The summed E-state index contributed by atoms with van der Waals surface area (Å²) in [4.78, 5) is 0. The Kier molecular flexibility index (Phi) is 3.55. The smallest absolute Gasteiger partial charge is 0.134 e. The number of hydrogen-bond acceptors (Lipinski definition) is 1. The lowest BCUT2D eigenvalue weighted by Gasteiger charge is -2.10. The third-order valence-corrected chi connectivity index (χ3v) is 3.14. The third kappa shape index (κ3) is 2.38. The predicted octanol–water partition coefficient (Wildman–Crippen LogP) is 4.81. The largest absolute Gasteiger partial charge is 0.496 e. The van der Waals surface area contributed by atoms with E-state index in [1.807, 2.05) is 0 Å². The minimum absolute atomic E-state index is 0.359. The first-order valence-electron chi connectivity index (χ1n) is 4.91. The first-order valence-corrected chi connectivity index (χ1v) is 5.67. The summed E-state index contributed by atoms with van der Waals surface area (Å²) in [5, 5.41) is 0.820. The van der Waals surface area contributed by atoms with Gasteiger partial charge in [-0.25, -0.2) is 4.39 Å². The lowest BCUT2D eigenvalue weighted by atomic mass is 10.0. The molecule has 1 nitrogen and oxygen atoms in total. The number of rotatable bonds is 2. The standard InChI is InChI=1S/C13H9Cl2FO/c1-17-12-4-2-3-11(16)13(12)8-5-6-9(14)10(15)7-8/h2-7H,1H3. The molecule has 4 heteroatoms. The molecule has 17 heavy (non-hydrogen) atoms. The summed E-state index contributed by atoms with van der Waals surface area (Å²) in [5.41, 5.74) is 1.02. The Hall–Kier alpha value is -1.25. The fraction of sp³-hybridized carbons (Fsp3) is 0.0769. The van der Waals surface area contributed by atoms with E-state index in [2.05, 4.69) is 0 Å². The van der Waals surface area contributed by atoms with Gasteiger partial charge in [-0.05, 0) is 29.8 Å². The summed E-state index contributed by atoms with van der Waals surface area (Å²) < 4.78 is 18.9. The van der Waals surface area contributed by atoms with Crippen LogP contribution in [-0.2, 0) is 0 Å². The van der Waals surface area contributed by atoms with Crippen LogP contribution in [0.4, 0.5) is 4.39 Å². The van der Waals surface area contributed by atoms with E-state index in [0.717, 1.165) is 0 Å². The molecule has 88 valence electrons. The average molecular weight is 271 g/mol. The van der Waals surface area contributed by atoms with Crippen molar-refractivity contribution in [1.29, 1.82) is 0 Å². The van der Waals surface area contributed by atoms with Gasteiger partial charge in [0.05, 0.1) is 22.7 Å². The second-order valence-electron chi connectivity index (χ2n) is 3.45. The molecule has 0 bridgehead atoms. The second-order valence-corrected chi connectivity index (χ2v) is 4.26. The Morgan fingerprint density at radius 2 is 1.82 bits per heavy atom. The van der Waals surface area contributed by atoms with Gasteiger partial charge in [0, 0.05) is 0 Å². The maximum absolute atomic E-state index is 13.8. The molecule has 0 saturated carbocycles. The van der Waals surface area contributed by atoms with Gasteiger partial charge in [-0.1, -0.05) is 35.3 Å². The van der Waals surface area contributed by atoms with E-state index in [1.54, 1.807) is 30.3 Å². The van der Waals surface area contributed by atoms with Gasteiger partial charge in [-0.3, -0.25) is 0 Å². The van der Waals surface area contributed by atoms with Crippen molar-refractivity contribution in [3.05, 3.63) is 52.3 Å². The molecule has 0 amide bonds. The molecule has 0 radical (unpaired) electrons. The molecule has 2 aromatic carbocycles. The highest BCUT2D eigenvalue weighted by molar-refractivity contribution is 6.42. The molecule has 0 spiro atoms. The van der Waals surface area contributed by atoms with E-state index in [0.29, 0.717) is 26.9 Å². The van der Waals surface area contributed by atoms with Crippen LogP contribution in [0, 0.1) is 5.82 Å². The van der Waals surface area contributed by atoms with Crippen molar-refractivity contribution in [3.8, 4) is 16.9 Å². The summed E-state index contributed by atoms with van der Waals surface area (Å²) in [6, 6.07) is 9.61. The van der Waals surface area contributed by atoms with Crippen molar-refractivity contribution < 1.29 is 9.13 Å². The molecule has 0 aliphatic rings. The molecule has 2 rings (SSSR count). The summed E-state index contributed by atoms with van der Waals surface area (Å²) in [6.07, 6.45) is 0. The highest BCUT2D eigenvalue weighted by atomic mass is 35.5. The summed E-state index contributed by atoms with van der Waals surface area (Å²) in [7, 11) is 1.50. The minimum Gasteiger partial charge on any atom is -0.496 e. The molecular weight excluding hydrogens is 262 g/mol. The first kappa shape index (κ1) is 12.2. The molecule has 0 aliphatic heterocycles. The van der Waals surface area contributed by atoms with Gasteiger partial charge >= 0.3 is 0 Å². The summed E-state index contributed by atoms with van der Waals surface area (Å²) >= 11 is 11.7. The molecule has 0 saturated heterocycles. The van der Waals surface area contributed by atoms with E-state index in [4.69, 9.17) is 27.9 Å². The van der Waals surface area contributed by atoms with E-state index >= 15 is 0 Å². The minimum atomic E-state index is -0.359. The zero-order valence-corrected chi connectivity index (χ0v) is 10.5. The fourth-order valence-electron chi connectivity index (χ4n) is 1.61. The predicted molar refractivity (Wildman–Crippen MR) is 68.4 cm³/mol. The Balaban J connectivity index is 2.63. The van der Waals surface area contributed by atoms with Crippen LogP contribution in [0.25, 0.3) is 11.1 Å². The maximum Gasteiger partial charge on any atom is 0.134 e. The zero-order valence-electron chi connectivity index (χ0n) is 9.01. The van der Waals surface area contributed by atoms with Crippen LogP contribution in [-0.4, -0.2) is 7.11 Å². The molecule has 0 fully saturated rings. The van der Waals surface area contributed by atoms with Crippen LogP contribution in [0.1, 0.15) is 0 Å². The first-order chi connectivity index (χ1) is 8.13. The zero-order chi connectivity index (χ0) is 12.4. The van der Waals surface area contributed by atoms with Gasteiger partial charge in [-0.15, -0.1) is 0 Å².